The molecule has 1 fully saturated rings. The van der Waals surface area contributed by atoms with Crippen LogP contribution in [0.15, 0.2) is 0 Å². The Balaban J connectivity index is 2.35. The Morgan fingerprint density at radius 1 is 1.40 bits per heavy atom. The van der Waals surface area contributed by atoms with Gasteiger partial charge in [0.25, 0.3) is 0 Å². The van der Waals surface area contributed by atoms with Gasteiger partial charge >= 0.3 is 0 Å². The van der Waals surface area contributed by atoms with Crippen molar-refractivity contribution in [2.45, 2.75) is 6.42 Å². The minimum Gasteiger partial charge on any atom is -0.760 e. The summed E-state index contributed by atoms with van der Waals surface area (Å²) in [5.41, 5.74) is 0. The molecule has 1 saturated heterocycles. The maximum atomic E-state index is 10.4. The summed E-state index contributed by atoms with van der Waals surface area (Å²) in [5.74, 6) is 0. The monoisotopic (exact) mass is 164 g/mol. The molecule has 0 bridgehead atoms. The fourth-order valence-electron chi connectivity index (χ4n) is 0.872. The quantitative estimate of drug-likeness (QED) is 0.491. The molecule has 5 heteroatoms. The van der Waals surface area contributed by atoms with E-state index in [4.69, 9.17) is 4.74 Å². The lowest BCUT2D eigenvalue weighted by Crippen LogP contribution is -2.28. The van der Waals surface area contributed by atoms with Gasteiger partial charge in [-0.1, -0.05) is 0 Å². The Morgan fingerprint density at radius 3 is 2.90 bits per heavy atom. The molecule has 1 unspecified atom stereocenters. The van der Waals surface area contributed by atoms with Gasteiger partial charge in [0.1, 0.15) is 0 Å². The van der Waals surface area contributed by atoms with Gasteiger partial charge in [0.15, 0.2) is 0 Å². The van der Waals surface area contributed by atoms with Gasteiger partial charge in [0.05, 0.1) is 6.61 Å². The topological polar surface area (TPSA) is 52.6 Å². The second kappa shape index (κ2) is 4.02. The van der Waals surface area contributed by atoms with Crippen molar-refractivity contribution in [2.24, 2.45) is 0 Å². The first kappa shape index (κ1) is 8.13. The fourth-order valence-corrected chi connectivity index (χ4v) is 1.37. The van der Waals surface area contributed by atoms with E-state index in [9.17, 15) is 8.76 Å². The first-order valence-electron chi connectivity index (χ1n) is 3.23. The van der Waals surface area contributed by atoms with E-state index in [-0.39, 0.29) is 0 Å². The maximum absolute atomic E-state index is 10.4. The predicted molar refractivity (Wildman–Crippen MR) is 35.9 cm³/mol. The van der Waals surface area contributed by atoms with E-state index in [1.54, 1.807) is 0 Å². The second-order valence-corrected chi connectivity index (χ2v) is 3.06. The fraction of sp³-hybridized carbons (Fsp3) is 1.00. The van der Waals surface area contributed by atoms with Crippen LogP contribution in [0.2, 0.25) is 0 Å². The van der Waals surface area contributed by atoms with E-state index in [2.05, 4.69) is 0 Å². The first-order valence-corrected chi connectivity index (χ1v) is 4.26. The van der Waals surface area contributed by atoms with E-state index < -0.39 is 11.3 Å². The van der Waals surface area contributed by atoms with Crippen LogP contribution < -0.4 is 0 Å². The van der Waals surface area contributed by atoms with Crippen molar-refractivity contribution in [3.63, 3.8) is 0 Å². The summed E-state index contributed by atoms with van der Waals surface area (Å²) < 4.78 is 27.2. The van der Waals surface area contributed by atoms with Gasteiger partial charge in [0.2, 0.25) is 0 Å². The van der Waals surface area contributed by atoms with Gasteiger partial charge in [-0.15, -0.1) is 0 Å². The van der Waals surface area contributed by atoms with Gasteiger partial charge in [-0.3, -0.25) is 4.21 Å². The summed E-state index contributed by atoms with van der Waals surface area (Å²) in [7, 11) is 0. The lowest BCUT2D eigenvalue weighted by molar-refractivity contribution is 0.148. The summed E-state index contributed by atoms with van der Waals surface area (Å²) in [6.07, 6.45) is 0.800. The molecule has 0 aliphatic carbocycles. The van der Waals surface area contributed by atoms with Crippen molar-refractivity contribution < 1.29 is 13.5 Å². The molecular formula is C5H10NO3S-. The van der Waals surface area contributed by atoms with Crippen molar-refractivity contribution >= 4 is 11.3 Å². The highest BCUT2D eigenvalue weighted by Crippen LogP contribution is 1.99. The van der Waals surface area contributed by atoms with E-state index >= 15 is 0 Å². The van der Waals surface area contributed by atoms with Crippen LogP contribution in [0.1, 0.15) is 6.42 Å². The minimum absolute atomic E-state index is 0.496. The number of hydrogen-bond acceptors (Lipinski definition) is 3. The highest BCUT2D eigenvalue weighted by atomic mass is 32.2. The SMILES string of the molecule is O=S([O-])N1CCCOCC1. The summed E-state index contributed by atoms with van der Waals surface area (Å²) in [5, 5.41) is 0. The Hall–Kier alpha value is 0.0300. The first-order chi connectivity index (χ1) is 4.80. The van der Waals surface area contributed by atoms with Crippen molar-refractivity contribution in [2.75, 3.05) is 26.3 Å². The molecule has 1 heterocycles. The van der Waals surface area contributed by atoms with Crippen LogP contribution in [0, 0.1) is 0 Å². The number of rotatable bonds is 1. The molecule has 0 aromatic carbocycles. The summed E-state index contributed by atoms with van der Waals surface area (Å²) in [6.45, 7) is 2.29. The zero-order valence-corrected chi connectivity index (χ0v) is 6.43. The molecule has 1 aliphatic heterocycles. The maximum Gasteiger partial charge on any atom is 0.0603 e. The largest absolute Gasteiger partial charge is 0.760 e. The Labute approximate surface area is 62.6 Å². The summed E-state index contributed by atoms with van der Waals surface area (Å²) >= 11 is -2.06. The second-order valence-electron chi connectivity index (χ2n) is 2.11. The molecule has 60 valence electrons. The molecule has 0 amide bonds. The Morgan fingerprint density at radius 2 is 2.20 bits per heavy atom. The average Bonchev–Trinajstić information content (AvgIpc) is 2.12. The van der Waals surface area contributed by atoms with Crippen LogP contribution >= 0.6 is 0 Å². The zero-order valence-electron chi connectivity index (χ0n) is 5.62. The third-order valence-electron chi connectivity index (χ3n) is 1.39. The van der Waals surface area contributed by atoms with Crippen LogP contribution in [0.25, 0.3) is 0 Å². The summed E-state index contributed by atoms with van der Waals surface area (Å²) in [4.78, 5) is 0. The molecule has 0 spiro atoms. The lowest BCUT2D eigenvalue weighted by Gasteiger charge is -2.20. The molecule has 1 aliphatic rings. The Kier molecular flexibility index (Phi) is 3.27. The van der Waals surface area contributed by atoms with Crippen molar-refractivity contribution in [1.82, 2.24) is 4.31 Å². The zero-order chi connectivity index (χ0) is 7.40. The summed E-state index contributed by atoms with van der Waals surface area (Å²) in [6, 6.07) is 0. The molecule has 1 atom stereocenters. The van der Waals surface area contributed by atoms with Crippen molar-refractivity contribution in [3.05, 3.63) is 0 Å². The van der Waals surface area contributed by atoms with Gasteiger partial charge < -0.3 is 9.29 Å². The van der Waals surface area contributed by atoms with Crippen LogP contribution in [0.5, 0.6) is 0 Å². The van der Waals surface area contributed by atoms with Crippen molar-refractivity contribution in [1.29, 1.82) is 0 Å². The molecule has 0 aromatic heterocycles. The van der Waals surface area contributed by atoms with E-state index in [0.717, 1.165) is 6.42 Å². The molecular weight excluding hydrogens is 154 g/mol. The highest BCUT2D eigenvalue weighted by Gasteiger charge is 2.07. The standard InChI is InChI=1S/C5H11NO3S/c7-10(8)6-2-1-4-9-5-3-6/h1-5H2,(H,7,8)/p-1. The number of ether oxygens (including phenoxy) is 1. The molecule has 10 heavy (non-hydrogen) atoms. The van der Waals surface area contributed by atoms with E-state index in [0.29, 0.717) is 26.3 Å². The van der Waals surface area contributed by atoms with Crippen LogP contribution in [-0.4, -0.2) is 39.4 Å². The molecule has 0 radical (unpaired) electrons. The molecule has 0 N–H and O–H groups in total. The van der Waals surface area contributed by atoms with Crippen molar-refractivity contribution in [3.8, 4) is 0 Å². The molecule has 0 saturated carbocycles. The molecule has 1 rings (SSSR count). The third-order valence-corrected chi connectivity index (χ3v) is 2.18. The molecule has 0 aromatic rings. The number of nitrogens with zero attached hydrogens (tertiary/aromatic N) is 1. The van der Waals surface area contributed by atoms with Crippen LogP contribution in [0.3, 0.4) is 0 Å². The Bertz CT molecular complexity index is 122. The van der Waals surface area contributed by atoms with Gasteiger partial charge in [0, 0.05) is 31.0 Å². The average molecular weight is 164 g/mol. The van der Waals surface area contributed by atoms with Crippen LogP contribution in [0.4, 0.5) is 0 Å². The van der Waals surface area contributed by atoms with E-state index in [1.165, 1.54) is 4.31 Å². The highest BCUT2D eigenvalue weighted by molar-refractivity contribution is 7.76. The van der Waals surface area contributed by atoms with E-state index in [1.807, 2.05) is 0 Å². The van der Waals surface area contributed by atoms with Gasteiger partial charge in [-0.05, 0) is 6.42 Å². The van der Waals surface area contributed by atoms with Crippen LogP contribution in [-0.2, 0) is 16.0 Å². The predicted octanol–water partition coefficient (Wildman–Crippen LogP) is -0.497. The smallest absolute Gasteiger partial charge is 0.0603 e. The van der Waals surface area contributed by atoms with Gasteiger partial charge in [-0.2, -0.15) is 0 Å². The minimum atomic E-state index is -2.06. The third kappa shape index (κ3) is 2.34. The van der Waals surface area contributed by atoms with Gasteiger partial charge in [-0.25, -0.2) is 4.31 Å². The normalized spacial score (nSPS) is 25.7. The molecule has 4 nitrogen and oxygen atoms in total. The lowest BCUT2D eigenvalue weighted by atomic mass is 10.5. The number of hydrogen-bond donors (Lipinski definition) is 0.